The van der Waals surface area contributed by atoms with E-state index in [9.17, 15) is 9.59 Å². The highest BCUT2D eigenvalue weighted by atomic mass is 35.5. The second-order valence-corrected chi connectivity index (χ2v) is 5.64. The summed E-state index contributed by atoms with van der Waals surface area (Å²) in [5, 5.41) is 5.25. The second kappa shape index (κ2) is 5.50. The van der Waals surface area contributed by atoms with Gasteiger partial charge in [-0.15, -0.1) is 4.68 Å². The van der Waals surface area contributed by atoms with Crippen molar-refractivity contribution in [2.45, 2.75) is 0 Å². The summed E-state index contributed by atoms with van der Waals surface area (Å²) in [6, 6.07) is 14.4. The summed E-state index contributed by atoms with van der Waals surface area (Å²) in [7, 11) is 0. The van der Waals surface area contributed by atoms with Crippen molar-refractivity contribution in [3.05, 3.63) is 80.0 Å². The van der Waals surface area contributed by atoms with Crippen LogP contribution in [0.3, 0.4) is 0 Å². The summed E-state index contributed by atoms with van der Waals surface area (Å²) < 4.78 is 0.779. The number of benzene rings is 2. The third-order valence-electron chi connectivity index (χ3n) is 3.75. The molecule has 0 bridgehead atoms. The number of hydrogen-bond donors (Lipinski definition) is 2. The third kappa shape index (κ3) is 2.24. The zero-order valence-corrected chi connectivity index (χ0v) is 13.0. The Morgan fingerprint density at radius 3 is 2.54 bits per heavy atom. The molecule has 4 rings (SSSR count). The molecule has 0 unspecified atom stereocenters. The van der Waals surface area contributed by atoms with Gasteiger partial charge in [-0.25, -0.2) is 4.79 Å². The van der Waals surface area contributed by atoms with Crippen LogP contribution in [0.25, 0.3) is 21.9 Å². The number of fused-ring (bicyclic) bond motifs is 3. The van der Waals surface area contributed by atoms with Crippen molar-refractivity contribution in [2.75, 3.05) is 0 Å². The van der Waals surface area contributed by atoms with Crippen LogP contribution in [0, 0.1) is 0 Å². The normalized spacial score (nSPS) is 11.7. The monoisotopic (exact) mass is 338 g/mol. The molecule has 2 aromatic carbocycles. The molecule has 7 heteroatoms. The minimum atomic E-state index is -0.611. The summed E-state index contributed by atoms with van der Waals surface area (Å²) in [6.07, 6.45) is 1.38. The topological polar surface area (TPSA) is 83.0 Å². The number of para-hydroxylation sites is 1. The standard InChI is InChI=1S/C17H11ClN4O2/c18-12-7-3-1-5-10(12)9-19-22-16(23)15-14(21-17(22)24)11-6-2-4-8-13(11)20-15/h1-9,20H,(H,21,24). The molecule has 2 aromatic heterocycles. The van der Waals surface area contributed by atoms with Crippen LogP contribution in [-0.2, 0) is 0 Å². The first kappa shape index (κ1) is 14.5. The van der Waals surface area contributed by atoms with Crippen LogP contribution >= 0.6 is 11.6 Å². The maximum Gasteiger partial charge on any atom is 0.350 e. The second-order valence-electron chi connectivity index (χ2n) is 5.23. The highest BCUT2D eigenvalue weighted by Gasteiger charge is 2.12. The van der Waals surface area contributed by atoms with Crippen molar-refractivity contribution in [1.29, 1.82) is 0 Å². The first-order valence-corrected chi connectivity index (χ1v) is 7.57. The quantitative estimate of drug-likeness (QED) is 0.551. The van der Waals surface area contributed by atoms with Gasteiger partial charge in [0.25, 0.3) is 0 Å². The molecular formula is C17H11ClN4O2. The van der Waals surface area contributed by atoms with E-state index in [2.05, 4.69) is 15.1 Å². The van der Waals surface area contributed by atoms with E-state index in [4.69, 9.17) is 11.6 Å². The zero-order valence-electron chi connectivity index (χ0n) is 12.3. The fourth-order valence-electron chi connectivity index (χ4n) is 2.59. The molecule has 0 fully saturated rings. The van der Waals surface area contributed by atoms with Gasteiger partial charge in [0.05, 0.1) is 11.7 Å². The smallest absolute Gasteiger partial charge is 0.349 e. The number of nitrogens with zero attached hydrogens (tertiary/aromatic N) is 2. The Kier molecular flexibility index (Phi) is 3.32. The number of rotatable bonds is 2. The van der Waals surface area contributed by atoms with Crippen LogP contribution in [0.5, 0.6) is 0 Å². The van der Waals surface area contributed by atoms with Crippen LogP contribution in [0.4, 0.5) is 0 Å². The van der Waals surface area contributed by atoms with Crippen LogP contribution in [0.2, 0.25) is 5.02 Å². The van der Waals surface area contributed by atoms with Crippen molar-refractivity contribution in [3.63, 3.8) is 0 Å². The average molecular weight is 339 g/mol. The van der Waals surface area contributed by atoms with E-state index in [1.54, 1.807) is 24.3 Å². The van der Waals surface area contributed by atoms with Gasteiger partial charge >= 0.3 is 11.2 Å². The summed E-state index contributed by atoms with van der Waals surface area (Å²) in [6.45, 7) is 0. The molecule has 118 valence electrons. The number of nitrogens with one attached hydrogen (secondary N) is 2. The largest absolute Gasteiger partial charge is 0.350 e. The molecule has 0 amide bonds. The molecule has 0 saturated heterocycles. The van der Waals surface area contributed by atoms with E-state index in [0.29, 0.717) is 21.6 Å². The van der Waals surface area contributed by atoms with Gasteiger partial charge in [0.1, 0.15) is 5.52 Å². The predicted molar refractivity (Wildman–Crippen MR) is 95.1 cm³/mol. The fraction of sp³-hybridized carbons (Fsp3) is 0. The Morgan fingerprint density at radius 2 is 1.71 bits per heavy atom. The summed E-state index contributed by atoms with van der Waals surface area (Å²) in [4.78, 5) is 30.6. The fourth-order valence-corrected chi connectivity index (χ4v) is 2.78. The Morgan fingerprint density at radius 1 is 0.958 bits per heavy atom. The third-order valence-corrected chi connectivity index (χ3v) is 4.10. The van der Waals surface area contributed by atoms with E-state index >= 15 is 0 Å². The molecule has 2 heterocycles. The van der Waals surface area contributed by atoms with E-state index in [1.165, 1.54) is 6.21 Å². The van der Waals surface area contributed by atoms with E-state index < -0.39 is 11.2 Å². The first-order valence-electron chi connectivity index (χ1n) is 7.20. The Balaban J connectivity index is 1.94. The minimum absolute atomic E-state index is 0.298. The summed E-state index contributed by atoms with van der Waals surface area (Å²) in [5.41, 5.74) is 1.03. The van der Waals surface area contributed by atoms with Gasteiger partial charge in [0.2, 0.25) is 0 Å². The van der Waals surface area contributed by atoms with Crippen molar-refractivity contribution >= 4 is 39.8 Å². The van der Waals surface area contributed by atoms with Gasteiger partial charge in [0.15, 0.2) is 0 Å². The average Bonchev–Trinajstić information content (AvgIpc) is 2.95. The highest BCUT2D eigenvalue weighted by molar-refractivity contribution is 6.33. The Bertz CT molecular complexity index is 1220. The van der Waals surface area contributed by atoms with Gasteiger partial charge < -0.3 is 9.97 Å². The predicted octanol–water partition coefficient (Wildman–Crippen LogP) is 2.71. The van der Waals surface area contributed by atoms with E-state index in [0.717, 1.165) is 15.6 Å². The lowest BCUT2D eigenvalue weighted by molar-refractivity contribution is 0.770. The number of H-pyrrole nitrogens is 2. The van der Waals surface area contributed by atoms with Gasteiger partial charge in [0, 0.05) is 21.5 Å². The SMILES string of the molecule is O=c1[nH]c2c([nH]c3ccccc32)c(=O)n1N=Cc1ccccc1Cl. The van der Waals surface area contributed by atoms with Crippen molar-refractivity contribution in [2.24, 2.45) is 5.10 Å². The molecule has 0 aliphatic carbocycles. The van der Waals surface area contributed by atoms with Crippen LogP contribution in [-0.4, -0.2) is 20.9 Å². The number of hydrogen-bond acceptors (Lipinski definition) is 3. The first-order chi connectivity index (χ1) is 11.6. The molecule has 4 aromatic rings. The molecule has 2 N–H and O–H groups in total. The summed E-state index contributed by atoms with van der Waals surface area (Å²) >= 11 is 6.05. The molecule has 24 heavy (non-hydrogen) atoms. The van der Waals surface area contributed by atoms with Gasteiger partial charge in [-0.05, 0) is 12.1 Å². The van der Waals surface area contributed by atoms with Crippen molar-refractivity contribution in [3.8, 4) is 0 Å². The zero-order chi connectivity index (χ0) is 16.7. The number of aromatic nitrogens is 3. The highest BCUT2D eigenvalue weighted by Crippen LogP contribution is 2.19. The molecule has 0 aliphatic rings. The van der Waals surface area contributed by atoms with E-state index in [-0.39, 0.29) is 0 Å². The number of halogens is 1. The number of aromatic amines is 2. The van der Waals surface area contributed by atoms with Crippen LogP contribution < -0.4 is 11.2 Å². The van der Waals surface area contributed by atoms with Gasteiger partial charge in [-0.2, -0.15) is 5.10 Å². The minimum Gasteiger partial charge on any atom is -0.349 e. The molecule has 0 radical (unpaired) electrons. The summed E-state index contributed by atoms with van der Waals surface area (Å²) in [5.74, 6) is 0. The lowest BCUT2D eigenvalue weighted by Crippen LogP contribution is -2.32. The van der Waals surface area contributed by atoms with Crippen molar-refractivity contribution < 1.29 is 0 Å². The Hall–Kier alpha value is -3.12. The van der Waals surface area contributed by atoms with Gasteiger partial charge in [-0.3, -0.25) is 4.79 Å². The molecular weight excluding hydrogens is 328 g/mol. The molecule has 0 spiro atoms. The molecule has 6 nitrogen and oxygen atoms in total. The maximum absolute atomic E-state index is 12.6. The lowest BCUT2D eigenvalue weighted by atomic mass is 10.2. The molecule has 0 saturated carbocycles. The Labute approximate surface area is 140 Å². The van der Waals surface area contributed by atoms with E-state index in [1.807, 2.05) is 24.3 Å². The lowest BCUT2D eigenvalue weighted by Gasteiger charge is -1.99. The van der Waals surface area contributed by atoms with Gasteiger partial charge in [-0.1, -0.05) is 48.0 Å². The van der Waals surface area contributed by atoms with Crippen LogP contribution in [0.15, 0.2) is 63.2 Å². The molecule has 0 aliphatic heterocycles. The maximum atomic E-state index is 12.6. The van der Waals surface area contributed by atoms with Crippen molar-refractivity contribution in [1.82, 2.24) is 14.6 Å². The van der Waals surface area contributed by atoms with Crippen LogP contribution in [0.1, 0.15) is 5.56 Å². The molecule has 0 atom stereocenters.